The van der Waals surface area contributed by atoms with Crippen LogP contribution >= 0.6 is 0 Å². The second kappa shape index (κ2) is 10.0. The van der Waals surface area contributed by atoms with Gasteiger partial charge in [-0.3, -0.25) is 9.59 Å². The van der Waals surface area contributed by atoms with E-state index >= 15 is 0 Å². The summed E-state index contributed by atoms with van der Waals surface area (Å²) in [6.07, 6.45) is 0. The van der Waals surface area contributed by atoms with E-state index in [1.165, 1.54) is 38.2 Å². The number of benzene rings is 2. The number of amides is 2. The molecule has 0 fully saturated rings. The molecule has 3 rings (SSSR count). The summed E-state index contributed by atoms with van der Waals surface area (Å²) in [5.74, 6) is -0.297. The molecular weight excluding hydrogens is 466 g/mol. The number of hydrogen-bond donors (Lipinski definition) is 2. The van der Waals surface area contributed by atoms with Gasteiger partial charge in [0.15, 0.2) is 0 Å². The van der Waals surface area contributed by atoms with Gasteiger partial charge in [-0.25, -0.2) is 13.1 Å². The molecule has 0 saturated carbocycles. The highest BCUT2D eigenvalue weighted by atomic mass is 32.2. The third kappa shape index (κ3) is 6.14. The maximum atomic E-state index is 13.0. The van der Waals surface area contributed by atoms with E-state index in [1.54, 1.807) is 10.7 Å². The van der Waals surface area contributed by atoms with Crippen LogP contribution in [0.5, 0.6) is 0 Å². The van der Waals surface area contributed by atoms with Crippen molar-refractivity contribution in [3.8, 4) is 5.69 Å². The second-order valence-electron chi connectivity index (χ2n) is 9.38. The molecule has 2 aromatic carbocycles. The molecule has 0 radical (unpaired) electrons. The first-order valence-electron chi connectivity index (χ1n) is 11.1. The van der Waals surface area contributed by atoms with Gasteiger partial charge in [-0.2, -0.15) is 9.40 Å². The fourth-order valence-corrected chi connectivity index (χ4v) is 4.51. The van der Waals surface area contributed by atoms with Crippen LogP contribution in [0.3, 0.4) is 0 Å². The maximum absolute atomic E-state index is 13.0. The van der Waals surface area contributed by atoms with E-state index in [1.807, 2.05) is 52.0 Å². The molecule has 0 atom stereocenters. The molecule has 0 aliphatic heterocycles. The number of hydrogen-bond acceptors (Lipinski definition) is 5. The molecule has 0 aliphatic carbocycles. The van der Waals surface area contributed by atoms with E-state index in [9.17, 15) is 18.0 Å². The molecule has 0 saturated heterocycles. The van der Waals surface area contributed by atoms with Crippen molar-refractivity contribution in [3.05, 3.63) is 65.9 Å². The van der Waals surface area contributed by atoms with Crippen LogP contribution < -0.4 is 10.6 Å². The Morgan fingerprint density at radius 3 is 2.23 bits per heavy atom. The fraction of sp³-hybridized carbons (Fsp3) is 0.320. The lowest BCUT2D eigenvalue weighted by molar-refractivity contribution is -0.116. The van der Waals surface area contributed by atoms with Crippen LogP contribution in [0.25, 0.3) is 5.69 Å². The lowest BCUT2D eigenvalue weighted by atomic mass is 9.92. The van der Waals surface area contributed by atoms with Gasteiger partial charge >= 0.3 is 0 Å². The number of para-hydroxylation sites is 1. The maximum Gasteiger partial charge on any atom is 0.243 e. The molecule has 0 bridgehead atoms. The normalized spacial score (nSPS) is 12.0. The van der Waals surface area contributed by atoms with E-state index < -0.39 is 15.9 Å². The first-order chi connectivity index (χ1) is 16.3. The molecule has 2 amide bonds. The van der Waals surface area contributed by atoms with Crippen molar-refractivity contribution in [2.24, 2.45) is 0 Å². The van der Waals surface area contributed by atoms with E-state index in [0.29, 0.717) is 11.5 Å². The molecule has 9 nitrogen and oxygen atoms in total. The molecule has 1 heterocycles. The average Bonchev–Trinajstić information content (AvgIpc) is 3.18. The van der Waals surface area contributed by atoms with Crippen LogP contribution in [0, 0.1) is 6.92 Å². The largest absolute Gasteiger partial charge is 0.326 e. The first kappa shape index (κ1) is 26.1. The Morgan fingerprint density at radius 2 is 1.66 bits per heavy atom. The summed E-state index contributed by atoms with van der Waals surface area (Å²) in [4.78, 5) is 24.1. The molecule has 0 spiro atoms. The van der Waals surface area contributed by atoms with Crippen LogP contribution in [0.2, 0.25) is 0 Å². The Bertz CT molecular complexity index is 1340. The van der Waals surface area contributed by atoms with E-state index in [-0.39, 0.29) is 22.8 Å². The van der Waals surface area contributed by atoms with Crippen molar-refractivity contribution in [1.29, 1.82) is 0 Å². The minimum absolute atomic E-state index is 0.0156. The summed E-state index contributed by atoms with van der Waals surface area (Å²) in [5, 5.41) is 10.1. The van der Waals surface area contributed by atoms with Crippen LogP contribution in [0.15, 0.2) is 59.5 Å². The smallest absolute Gasteiger partial charge is 0.243 e. The standard InChI is InChI=1S/C25H31N5O4S/c1-17-9-7-8-10-21(17)30-23(15-22(28-30)25(3,4)5)27-24(32)16-29(6)35(33,34)20-13-11-19(12-14-20)26-18(2)31/h7-15H,16H2,1-6H3,(H,26,31)(H,27,32). The summed E-state index contributed by atoms with van der Waals surface area (Å²) >= 11 is 0. The molecular formula is C25H31N5O4S. The molecule has 3 aromatic rings. The predicted molar refractivity (Wildman–Crippen MR) is 136 cm³/mol. The number of anilines is 2. The summed E-state index contributed by atoms with van der Waals surface area (Å²) in [6, 6.07) is 15.3. The third-order valence-electron chi connectivity index (χ3n) is 5.34. The molecule has 10 heteroatoms. The molecule has 2 N–H and O–H groups in total. The van der Waals surface area contributed by atoms with Crippen molar-refractivity contribution in [2.75, 3.05) is 24.2 Å². The van der Waals surface area contributed by atoms with Crippen molar-refractivity contribution < 1.29 is 18.0 Å². The van der Waals surface area contributed by atoms with Gasteiger partial charge < -0.3 is 10.6 Å². The number of aromatic nitrogens is 2. The number of nitrogens with zero attached hydrogens (tertiary/aromatic N) is 3. The van der Waals surface area contributed by atoms with Crippen LogP contribution in [-0.4, -0.2) is 47.9 Å². The number of sulfonamides is 1. The minimum atomic E-state index is -3.92. The van der Waals surface area contributed by atoms with Crippen molar-refractivity contribution in [1.82, 2.24) is 14.1 Å². The Morgan fingerprint density at radius 1 is 1.03 bits per heavy atom. The highest BCUT2D eigenvalue weighted by molar-refractivity contribution is 7.89. The van der Waals surface area contributed by atoms with Crippen molar-refractivity contribution in [2.45, 2.75) is 44.9 Å². The lowest BCUT2D eigenvalue weighted by Gasteiger charge is -2.17. The van der Waals surface area contributed by atoms with Gasteiger partial charge in [0.25, 0.3) is 0 Å². The Kier molecular flexibility index (Phi) is 7.47. The SMILES string of the molecule is CC(=O)Nc1ccc(S(=O)(=O)N(C)CC(=O)Nc2cc(C(C)(C)C)nn2-c2ccccc2C)cc1. The number of carbonyl (C=O) groups is 2. The van der Waals surface area contributed by atoms with Gasteiger partial charge in [0.05, 0.1) is 22.8 Å². The monoisotopic (exact) mass is 497 g/mol. The zero-order chi connectivity index (χ0) is 26.0. The zero-order valence-electron chi connectivity index (χ0n) is 20.8. The molecule has 186 valence electrons. The van der Waals surface area contributed by atoms with Crippen molar-refractivity contribution >= 4 is 33.3 Å². The Balaban J connectivity index is 1.81. The zero-order valence-corrected chi connectivity index (χ0v) is 21.6. The van der Waals surface area contributed by atoms with Gasteiger partial charge in [0, 0.05) is 31.1 Å². The highest BCUT2D eigenvalue weighted by Gasteiger charge is 2.25. The second-order valence-corrected chi connectivity index (χ2v) is 11.4. The number of likely N-dealkylation sites (N-methyl/N-ethyl adjacent to an activating group) is 1. The summed E-state index contributed by atoms with van der Waals surface area (Å²) in [7, 11) is -2.58. The Labute approximate surface area is 206 Å². The molecule has 1 aromatic heterocycles. The average molecular weight is 498 g/mol. The molecule has 0 aliphatic rings. The highest BCUT2D eigenvalue weighted by Crippen LogP contribution is 2.27. The third-order valence-corrected chi connectivity index (χ3v) is 7.16. The lowest BCUT2D eigenvalue weighted by Crippen LogP contribution is -2.35. The van der Waals surface area contributed by atoms with Gasteiger partial charge in [0.1, 0.15) is 5.82 Å². The van der Waals surface area contributed by atoms with Gasteiger partial charge in [-0.15, -0.1) is 0 Å². The summed E-state index contributed by atoms with van der Waals surface area (Å²) in [6.45, 7) is 9.02. The predicted octanol–water partition coefficient (Wildman–Crippen LogP) is 3.70. The van der Waals surface area contributed by atoms with E-state index in [2.05, 4.69) is 10.6 Å². The topological polar surface area (TPSA) is 113 Å². The van der Waals surface area contributed by atoms with E-state index in [0.717, 1.165) is 21.2 Å². The number of nitrogens with one attached hydrogen (secondary N) is 2. The quantitative estimate of drug-likeness (QED) is 0.517. The molecule has 0 unspecified atom stereocenters. The van der Waals surface area contributed by atoms with Gasteiger partial charge in [-0.1, -0.05) is 39.0 Å². The number of carbonyl (C=O) groups excluding carboxylic acids is 2. The van der Waals surface area contributed by atoms with Crippen LogP contribution in [0.4, 0.5) is 11.5 Å². The van der Waals surface area contributed by atoms with Crippen LogP contribution in [0.1, 0.15) is 39.0 Å². The van der Waals surface area contributed by atoms with Crippen molar-refractivity contribution in [3.63, 3.8) is 0 Å². The van der Waals surface area contributed by atoms with Crippen LogP contribution in [-0.2, 0) is 25.0 Å². The summed E-state index contributed by atoms with van der Waals surface area (Å²) < 4.78 is 28.6. The minimum Gasteiger partial charge on any atom is -0.326 e. The van der Waals surface area contributed by atoms with E-state index in [4.69, 9.17) is 5.10 Å². The molecule has 35 heavy (non-hydrogen) atoms. The number of rotatable bonds is 7. The van der Waals surface area contributed by atoms with Gasteiger partial charge in [0.2, 0.25) is 21.8 Å². The summed E-state index contributed by atoms with van der Waals surface area (Å²) in [5.41, 5.74) is 2.82. The number of aryl methyl sites for hydroxylation is 1. The Hall–Kier alpha value is -3.50. The fourth-order valence-electron chi connectivity index (χ4n) is 3.38. The first-order valence-corrected chi connectivity index (χ1v) is 12.5. The van der Waals surface area contributed by atoms with Gasteiger partial charge in [-0.05, 0) is 42.8 Å².